The van der Waals surface area contributed by atoms with Gasteiger partial charge in [-0.25, -0.2) is 9.78 Å². The molecule has 0 bridgehead atoms. The van der Waals surface area contributed by atoms with Gasteiger partial charge < -0.3 is 14.9 Å². The Bertz CT molecular complexity index is 944. The number of carboxylic acid groups (broad SMARTS) is 2. The van der Waals surface area contributed by atoms with E-state index in [2.05, 4.69) is 38.2 Å². The number of cyclic esters (lactones) is 2. The zero-order valence-electron chi connectivity index (χ0n) is 30.8. The topological polar surface area (TPSA) is 136 Å². The van der Waals surface area contributed by atoms with Crippen LogP contribution in [0, 0.1) is 11.8 Å². The lowest BCUT2D eigenvalue weighted by Gasteiger charge is -2.26. The second-order valence-corrected chi connectivity index (χ2v) is 13.8. The first-order valence-corrected chi connectivity index (χ1v) is 19.6. The summed E-state index contributed by atoms with van der Waals surface area (Å²) in [6.07, 6.45) is 30.6. The molecule has 4 unspecified atom stereocenters. The van der Waals surface area contributed by atoms with Gasteiger partial charge >= 0.3 is 23.9 Å². The molecule has 0 radical (unpaired) electrons. The summed E-state index contributed by atoms with van der Waals surface area (Å²) in [5, 5.41) is 17.8. The third-order valence-corrected chi connectivity index (χ3v) is 9.33. The van der Waals surface area contributed by atoms with Gasteiger partial charge in [-0.1, -0.05) is 115 Å². The van der Waals surface area contributed by atoms with Crippen molar-refractivity contribution >= 4 is 23.9 Å². The Labute approximate surface area is 296 Å². The van der Waals surface area contributed by atoms with Crippen LogP contribution in [-0.2, 0) is 33.7 Å². The maximum Gasteiger partial charge on any atom is 0.317 e. The lowest BCUT2D eigenvalue weighted by Crippen LogP contribution is -2.26. The second kappa shape index (κ2) is 30.3. The Kier molecular flexibility index (Phi) is 27.5. The highest BCUT2D eigenvalue weighted by atomic mass is 17.2. The largest absolute Gasteiger partial charge is 0.481 e. The van der Waals surface area contributed by atoms with Crippen LogP contribution in [0.15, 0.2) is 24.3 Å². The number of hydrogen-bond acceptors (Lipinski definition) is 7. The number of carbonyl (C=O) groups excluding carboxylic acids is 2. The van der Waals surface area contributed by atoms with Crippen LogP contribution in [0.4, 0.5) is 0 Å². The van der Waals surface area contributed by atoms with E-state index in [4.69, 9.17) is 24.7 Å². The molecule has 1 aliphatic rings. The lowest BCUT2D eigenvalue weighted by molar-refractivity contribution is -0.346. The van der Waals surface area contributed by atoms with Crippen LogP contribution in [0.3, 0.4) is 0 Å². The summed E-state index contributed by atoms with van der Waals surface area (Å²) in [6, 6.07) is 0. The van der Waals surface area contributed by atoms with Crippen LogP contribution in [0.1, 0.15) is 181 Å². The van der Waals surface area contributed by atoms with Gasteiger partial charge in [-0.2, -0.15) is 0 Å². The van der Waals surface area contributed by atoms with Gasteiger partial charge in [-0.15, -0.1) is 0 Å². The monoisotopic (exact) mass is 692 g/mol. The zero-order chi connectivity index (χ0) is 36.0. The number of allylic oxidation sites excluding steroid dienone is 3. The number of ether oxygens (including phenoxy) is 1. The minimum atomic E-state index is -0.769. The zero-order valence-corrected chi connectivity index (χ0v) is 30.8. The predicted molar refractivity (Wildman–Crippen MR) is 193 cm³/mol. The van der Waals surface area contributed by atoms with Crippen LogP contribution >= 0.6 is 0 Å². The molecule has 1 saturated heterocycles. The summed E-state index contributed by atoms with van der Waals surface area (Å²) in [5.41, 5.74) is 0. The van der Waals surface area contributed by atoms with E-state index in [0.717, 1.165) is 109 Å². The van der Waals surface area contributed by atoms with Gasteiger partial charge in [-0.05, 0) is 76.5 Å². The van der Waals surface area contributed by atoms with Gasteiger partial charge in [0.1, 0.15) is 6.10 Å². The standard InChI is InChI=1S/C40H68O9/c1-3-5-7-9-10-15-20-26-34(27-21-16-12-18-24-30-38(43)44)48-49-35(28-22-13-8-6-4-2)31-33(36-32-39(45)47-40(36)46)25-19-14-11-17-23-29-37(41)42/h10,15,22,28,33-36H,3-9,11-14,16-21,23-27,29-32H2,1-2H3,(H,41,42)(H,43,44)/b15-10+,28-22+. The number of esters is 2. The molecule has 0 spiro atoms. The van der Waals surface area contributed by atoms with Crippen LogP contribution in [0.25, 0.3) is 0 Å². The van der Waals surface area contributed by atoms with Crippen molar-refractivity contribution in [2.75, 3.05) is 0 Å². The summed E-state index contributed by atoms with van der Waals surface area (Å²) < 4.78 is 4.96. The average molecular weight is 693 g/mol. The summed E-state index contributed by atoms with van der Waals surface area (Å²) in [7, 11) is 0. The fourth-order valence-corrected chi connectivity index (χ4v) is 6.36. The maximum absolute atomic E-state index is 12.7. The maximum atomic E-state index is 12.7. The second-order valence-electron chi connectivity index (χ2n) is 13.8. The highest BCUT2D eigenvalue weighted by Crippen LogP contribution is 2.33. The fourth-order valence-electron chi connectivity index (χ4n) is 6.36. The molecule has 0 aromatic carbocycles. The predicted octanol–water partition coefficient (Wildman–Crippen LogP) is 10.5. The van der Waals surface area contributed by atoms with Gasteiger partial charge in [0.2, 0.25) is 0 Å². The van der Waals surface area contributed by atoms with Crippen LogP contribution in [-0.4, -0.2) is 46.3 Å². The first-order chi connectivity index (χ1) is 23.8. The van der Waals surface area contributed by atoms with Gasteiger partial charge in [0, 0.05) is 12.8 Å². The molecule has 282 valence electrons. The Balaban J connectivity index is 2.90. The fraction of sp³-hybridized carbons (Fsp3) is 0.800. The average Bonchev–Trinajstić information content (AvgIpc) is 3.41. The van der Waals surface area contributed by atoms with Gasteiger partial charge in [0.05, 0.1) is 18.4 Å². The van der Waals surface area contributed by atoms with Crippen molar-refractivity contribution in [1.82, 2.24) is 0 Å². The molecular weight excluding hydrogens is 624 g/mol. The first-order valence-electron chi connectivity index (χ1n) is 19.6. The van der Waals surface area contributed by atoms with E-state index in [9.17, 15) is 19.2 Å². The van der Waals surface area contributed by atoms with Crippen molar-refractivity contribution in [3.8, 4) is 0 Å². The smallest absolute Gasteiger partial charge is 0.317 e. The van der Waals surface area contributed by atoms with Crippen molar-refractivity contribution in [2.45, 2.75) is 193 Å². The molecule has 0 amide bonds. The van der Waals surface area contributed by atoms with Crippen molar-refractivity contribution in [3.05, 3.63) is 24.3 Å². The summed E-state index contributed by atoms with van der Waals surface area (Å²) in [4.78, 5) is 58.8. The van der Waals surface area contributed by atoms with Crippen molar-refractivity contribution < 1.29 is 43.9 Å². The minimum absolute atomic E-state index is 0.0856. The third kappa shape index (κ3) is 25.1. The molecule has 1 rings (SSSR count). The molecule has 1 heterocycles. The molecule has 2 N–H and O–H groups in total. The van der Waals surface area contributed by atoms with E-state index in [-0.39, 0.29) is 37.4 Å². The molecular formula is C40H68O9. The molecule has 4 atom stereocenters. The Morgan fingerprint density at radius 2 is 1.24 bits per heavy atom. The molecule has 0 aromatic heterocycles. The van der Waals surface area contributed by atoms with Gasteiger partial charge in [0.25, 0.3) is 0 Å². The molecule has 1 aliphatic heterocycles. The van der Waals surface area contributed by atoms with Gasteiger partial charge in [-0.3, -0.25) is 19.2 Å². The van der Waals surface area contributed by atoms with E-state index in [1.54, 1.807) is 0 Å². The minimum Gasteiger partial charge on any atom is -0.481 e. The molecule has 1 fully saturated rings. The number of carboxylic acids is 2. The van der Waals surface area contributed by atoms with E-state index in [1.807, 2.05) is 0 Å². The number of hydrogen-bond donors (Lipinski definition) is 2. The Hall–Kier alpha value is -2.52. The molecule has 9 nitrogen and oxygen atoms in total. The number of unbranched alkanes of at least 4 members (excludes halogenated alkanes) is 14. The lowest BCUT2D eigenvalue weighted by atomic mass is 9.82. The van der Waals surface area contributed by atoms with Crippen LogP contribution in [0.2, 0.25) is 0 Å². The van der Waals surface area contributed by atoms with Crippen LogP contribution < -0.4 is 0 Å². The van der Waals surface area contributed by atoms with Crippen LogP contribution in [0.5, 0.6) is 0 Å². The third-order valence-electron chi connectivity index (χ3n) is 9.33. The van der Waals surface area contributed by atoms with E-state index < -0.39 is 29.8 Å². The molecule has 0 aliphatic carbocycles. The summed E-state index contributed by atoms with van der Waals surface area (Å²) in [5.74, 6) is -3.02. The SMILES string of the molecule is CCCCC/C=C/CCC(CCCCCCCC(=O)O)OOC(/C=C/CCCCC)CC(CCCCCCCC(=O)O)C1CC(=O)OC1=O. The Morgan fingerprint density at radius 1 is 0.694 bits per heavy atom. The highest BCUT2D eigenvalue weighted by Gasteiger charge is 2.40. The highest BCUT2D eigenvalue weighted by molar-refractivity contribution is 5.94. The first kappa shape index (κ1) is 44.5. The van der Waals surface area contributed by atoms with Crippen molar-refractivity contribution in [2.24, 2.45) is 11.8 Å². The van der Waals surface area contributed by atoms with Crippen molar-refractivity contribution in [3.63, 3.8) is 0 Å². The normalized spacial score (nSPS) is 16.8. The van der Waals surface area contributed by atoms with Crippen molar-refractivity contribution in [1.29, 1.82) is 0 Å². The Morgan fingerprint density at radius 3 is 1.82 bits per heavy atom. The summed E-state index contributed by atoms with van der Waals surface area (Å²) >= 11 is 0. The van der Waals surface area contributed by atoms with Gasteiger partial charge in [0.15, 0.2) is 0 Å². The van der Waals surface area contributed by atoms with E-state index in [0.29, 0.717) is 19.3 Å². The number of rotatable bonds is 34. The summed E-state index contributed by atoms with van der Waals surface area (Å²) in [6.45, 7) is 4.39. The molecule has 9 heteroatoms. The number of aliphatic carboxylic acids is 2. The number of carbonyl (C=O) groups is 4. The van der Waals surface area contributed by atoms with E-state index >= 15 is 0 Å². The van der Waals surface area contributed by atoms with E-state index in [1.165, 1.54) is 19.3 Å². The molecule has 0 aromatic rings. The molecule has 0 saturated carbocycles. The molecule has 49 heavy (non-hydrogen) atoms. The quantitative estimate of drug-likeness (QED) is 0.0168.